The number of rotatable bonds is 20. The third-order valence-corrected chi connectivity index (χ3v) is 8.89. The number of amides is 1. The summed E-state index contributed by atoms with van der Waals surface area (Å²) in [5, 5.41) is 6.39. The van der Waals surface area contributed by atoms with Gasteiger partial charge in [0.15, 0.2) is 0 Å². The molecule has 0 aliphatic rings. The highest BCUT2D eigenvalue weighted by Crippen LogP contribution is 2.16. The van der Waals surface area contributed by atoms with Crippen molar-refractivity contribution >= 4 is 53.0 Å². The number of ether oxygens (including phenoxy) is 1. The van der Waals surface area contributed by atoms with Gasteiger partial charge in [-0.15, -0.1) is 0 Å². The Labute approximate surface area is 229 Å². The summed E-state index contributed by atoms with van der Waals surface area (Å²) in [6.07, 6.45) is 7.24. The molecule has 2 rings (SSSR count). The molecule has 0 atom stereocenters. The molecule has 0 saturated carbocycles. The predicted molar refractivity (Wildman–Crippen MR) is 162 cm³/mol. The van der Waals surface area contributed by atoms with E-state index in [1.165, 1.54) is 22.6 Å². The van der Waals surface area contributed by atoms with Gasteiger partial charge in [-0.1, -0.05) is 24.3 Å². The first-order valence-electron chi connectivity index (χ1n) is 12.2. The van der Waals surface area contributed by atoms with Gasteiger partial charge in [0.2, 0.25) is 0 Å². The number of benzene rings is 2. The summed E-state index contributed by atoms with van der Waals surface area (Å²) in [5.74, 6) is 7.73. The summed E-state index contributed by atoms with van der Waals surface area (Å²) in [7, 11) is 0. The standard InChI is InChI=1S/C27H40N2O2S4/c1-32-16-18-34-14-12-28-22-31-26-11-5-9-24(21-26)7-3-6-23-8-4-10-25(20-23)27(30)29-13-15-35-19-17-33-2/h4-5,8-11,20-21,28H,3,6-7,12-19,22H2,1-2H3,(H,29,30). The van der Waals surface area contributed by atoms with Crippen molar-refractivity contribution in [1.82, 2.24) is 10.6 Å². The largest absolute Gasteiger partial charge is 0.478 e. The van der Waals surface area contributed by atoms with Crippen molar-refractivity contribution < 1.29 is 9.53 Å². The molecule has 0 bridgehead atoms. The fourth-order valence-corrected chi connectivity index (χ4v) is 6.55. The van der Waals surface area contributed by atoms with E-state index in [0.29, 0.717) is 13.3 Å². The van der Waals surface area contributed by atoms with Crippen LogP contribution in [0.5, 0.6) is 5.75 Å². The molecule has 0 spiro atoms. The molecule has 8 heteroatoms. The molecule has 0 unspecified atom stereocenters. The van der Waals surface area contributed by atoms with Crippen molar-refractivity contribution in [3.05, 3.63) is 65.2 Å². The molecule has 0 fully saturated rings. The Morgan fingerprint density at radius 2 is 1.46 bits per heavy atom. The van der Waals surface area contributed by atoms with E-state index in [2.05, 4.69) is 47.4 Å². The maximum atomic E-state index is 12.5. The van der Waals surface area contributed by atoms with E-state index in [1.54, 1.807) is 0 Å². The molecule has 0 saturated heterocycles. The molecule has 4 nitrogen and oxygen atoms in total. The van der Waals surface area contributed by atoms with Gasteiger partial charge in [-0.05, 0) is 67.2 Å². The minimum absolute atomic E-state index is 0.0225. The lowest BCUT2D eigenvalue weighted by atomic mass is 10.0. The van der Waals surface area contributed by atoms with Crippen LogP contribution in [0.15, 0.2) is 48.5 Å². The second-order valence-electron chi connectivity index (χ2n) is 7.96. The molecule has 0 aliphatic carbocycles. The Balaban J connectivity index is 1.66. The average Bonchev–Trinajstić information content (AvgIpc) is 2.88. The molecule has 2 aromatic rings. The molecular weight excluding hydrogens is 513 g/mol. The Morgan fingerprint density at radius 1 is 0.800 bits per heavy atom. The normalized spacial score (nSPS) is 10.9. The maximum Gasteiger partial charge on any atom is 0.251 e. The lowest BCUT2D eigenvalue weighted by Gasteiger charge is -2.10. The van der Waals surface area contributed by atoms with Crippen LogP contribution in [0.25, 0.3) is 0 Å². The zero-order valence-electron chi connectivity index (χ0n) is 21.1. The lowest BCUT2D eigenvalue weighted by molar-refractivity contribution is 0.0956. The number of carbonyl (C=O) groups excluding carboxylic acids is 1. The molecule has 0 radical (unpaired) electrons. The van der Waals surface area contributed by atoms with E-state index in [4.69, 9.17) is 4.74 Å². The summed E-state index contributed by atoms with van der Waals surface area (Å²) in [6.45, 7) is 2.22. The third-order valence-electron chi connectivity index (χ3n) is 5.18. The SMILES string of the molecule is CSCCSCCNCOc1cccc(CCCc2cccc(C(=O)NCCSCCSC)c2)c1. The fraction of sp³-hybridized carbons (Fsp3) is 0.519. The van der Waals surface area contributed by atoms with E-state index >= 15 is 0 Å². The number of carbonyl (C=O) groups is 1. The molecule has 2 aromatic carbocycles. The van der Waals surface area contributed by atoms with Crippen molar-refractivity contribution in [2.45, 2.75) is 19.3 Å². The van der Waals surface area contributed by atoms with Gasteiger partial charge in [-0.2, -0.15) is 47.0 Å². The number of aryl methyl sites for hydroxylation is 2. The maximum absolute atomic E-state index is 12.5. The van der Waals surface area contributed by atoms with Gasteiger partial charge in [0.1, 0.15) is 12.5 Å². The zero-order valence-corrected chi connectivity index (χ0v) is 24.3. The second-order valence-corrected chi connectivity index (χ2v) is 12.4. The fourth-order valence-electron chi connectivity index (χ4n) is 3.33. The Morgan fingerprint density at radius 3 is 2.17 bits per heavy atom. The van der Waals surface area contributed by atoms with Gasteiger partial charge in [0.25, 0.3) is 5.91 Å². The lowest BCUT2D eigenvalue weighted by Crippen LogP contribution is -2.25. The molecule has 2 N–H and O–H groups in total. The highest BCUT2D eigenvalue weighted by Gasteiger charge is 2.06. The minimum Gasteiger partial charge on any atom is -0.478 e. The van der Waals surface area contributed by atoms with Crippen LogP contribution >= 0.6 is 47.0 Å². The van der Waals surface area contributed by atoms with E-state index in [0.717, 1.165) is 60.1 Å². The van der Waals surface area contributed by atoms with Gasteiger partial charge in [-0.25, -0.2) is 0 Å². The van der Waals surface area contributed by atoms with Crippen LogP contribution in [0, 0.1) is 0 Å². The van der Waals surface area contributed by atoms with Crippen molar-refractivity contribution in [2.75, 3.05) is 66.8 Å². The average molecular weight is 553 g/mol. The molecule has 0 heterocycles. The summed E-state index contributed by atoms with van der Waals surface area (Å²) >= 11 is 7.62. The predicted octanol–water partition coefficient (Wildman–Crippen LogP) is 5.71. The number of nitrogens with one attached hydrogen (secondary N) is 2. The topological polar surface area (TPSA) is 50.4 Å². The minimum atomic E-state index is 0.0225. The smallest absolute Gasteiger partial charge is 0.251 e. The van der Waals surface area contributed by atoms with Crippen molar-refractivity contribution in [1.29, 1.82) is 0 Å². The number of thioether (sulfide) groups is 4. The molecule has 194 valence electrons. The van der Waals surface area contributed by atoms with Crippen LogP contribution in [-0.4, -0.2) is 72.8 Å². The molecule has 0 aliphatic heterocycles. The summed E-state index contributed by atoms with van der Waals surface area (Å²) < 4.78 is 5.87. The van der Waals surface area contributed by atoms with Gasteiger partial charge in [-0.3, -0.25) is 10.1 Å². The molecule has 35 heavy (non-hydrogen) atoms. The quantitative estimate of drug-likeness (QED) is 0.161. The van der Waals surface area contributed by atoms with Crippen molar-refractivity contribution in [2.24, 2.45) is 0 Å². The molecular formula is C27H40N2O2S4. The highest BCUT2D eigenvalue weighted by molar-refractivity contribution is 8.03. The first kappa shape index (κ1) is 30.3. The van der Waals surface area contributed by atoms with Crippen LogP contribution in [0.2, 0.25) is 0 Å². The Bertz CT molecular complexity index is 838. The summed E-state index contributed by atoms with van der Waals surface area (Å²) in [6, 6.07) is 16.4. The zero-order chi connectivity index (χ0) is 25.0. The van der Waals surface area contributed by atoms with Crippen LogP contribution in [-0.2, 0) is 12.8 Å². The van der Waals surface area contributed by atoms with E-state index < -0.39 is 0 Å². The van der Waals surface area contributed by atoms with Gasteiger partial charge >= 0.3 is 0 Å². The number of hydrogen-bond acceptors (Lipinski definition) is 7. The van der Waals surface area contributed by atoms with Crippen LogP contribution in [0.3, 0.4) is 0 Å². The first-order valence-corrected chi connectivity index (χ1v) is 17.3. The van der Waals surface area contributed by atoms with E-state index in [9.17, 15) is 4.79 Å². The first-order chi connectivity index (χ1) is 17.2. The second kappa shape index (κ2) is 20.2. The molecule has 1 amide bonds. The van der Waals surface area contributed by atoms with Crippen LogP contribution in [0.4, 0.5) is 0 Å². The van der Waals surface area contributed by atoms with Gasteiger partial charge in [0.05, 0.1) is 0 Å². The van der Waals surface area contributed by atoms with Gasteiger partial charge in [0, 0.05) is 53.2 Å². The van der Waals surface area contributed by atoms with E-state index in [1.807, 2.05) is 71.3 Å². The molecule has 0 aromatic heterocycles. The monoisotopic (exact) mass is 552 g/mol. The van der Waals surface area contributed by atoms with Crippen LogP contribution in [0.1, 0.15) is 27.9 Å². The van der Waals surface area contributed by atoms with E-state index in [-0.39, 0.29) is 5.91 Å². The van der Waals surface area contributed by atoms with Crippen molar-refractivity contribution in [3.8, 4) is 5.75 Å². The highest BCUT2D eigenvalue weighted by atomic mass is 32.2. The Kier molecular flexibility index (Phi) is 17.5. The summed E-state index contributed by atoms with van der Waals surface area (Å²) in [5.41, 5.74) is 3.24. The summed E-state index contributed by atoms with van der Waals surface area (Å²) in [4.78, 5) is 12.5. The third kappa shape index (κ3) is 14.4. The van der Waals surface area contributed by atoms with Crippen molar-refractivity contribution in [3.63, 3.8) is 0 Å². The number of hydrogen-bond donors (Lipinski definition) is 2. The Hall–Kier alpha value is -0.930. The van der Waals surface area contributed by atoms with Gasteiger partial charge < -0.3 is 10.1 Å². The van der Waals surface area contributed by atoms with Crippen LogP contribution < -0.4 is 15.4 Å².